The summed E-state index contributed by atoms with van der Waals surface area (Å²) < 4.78 is 14.1. The van der Waals surface area contributed by atoms with Gasteiger partial charge in [-0.15, -0.1) is 0 Å². The van der Waals surface area contributed by atoms with Crippen molar-refractivity contribution in [1.29, 1.82) is 5.26 Å². The number of nitrogens with one attached hydrogen (secondary N) is 1. The average Bonchev–Trinajstić information content (AvgIpc) is 2.74. The Labute approximate surface area is 186 Å². The van der Waals surface area contributed by atoms with E-state index in [1.807, 2.05) is 12.1 Å². The molecule has 0 amide bonds. The van der Waals surface area contributed by atoms with Gasteiger partial charge in [0, 0.05) is 11.3 Å². The van der Waals surface area contributed by atoms with Crippen molar-refractivity contribution >= 4 is 39.7 Å². The molecule has 3 aromatic rings. The molecule has 0 radical (unpaired) electrons. The number of pyridine rings is 1. The average molecular weight is 485 g/mol. The quantitative estimate of drug-likeness (QED) is 0.111. The number of nitrogens with zero attached hydrogens (tertiary/aromatic N) is 5. The fourth-order valence-corrected chi connectivity index (χ4v) is 3.76. The van der Waals surface area contributed by atoms with E-state index in [0.29, 0.717) is 26.7 Å². The van der Waals surface area contributed by atoms with Crippen LogP contribution in [0.3, 0.4) is 0 Å². The summed E-state index contributed by atoms with van der Waals surface area (Å²) in [6.45, 7) is 2.11. The Morgan fingerprint density at radius 2 is 2.00 bits per heavy atom. The molecule has 0 atom stereocenters. The number of benzene rings is 1. The van der Waals surface area contributed by atoms with Crippen molar-refractivity contribution in [2.24, 2.45) is 5.10 Å². The Hall–Kier alpha value is -2.83. The van der Waals surface area contributed by atoms with Crippen molar-refractivity contribution in [3.05, 3.63) is 64.1 Å². The first-order valence-corrected chi connectivity index (χ1v) is 11.0. The van der Waals surface area contributed by atoms with Crippen LogP contribution in [0.4, 0.5) is 10.2 Å². The van der Waals surface area contributed by atoms with Gasteiger partial charge in [0.25, 0.3) is 0 Å². The summed E-state index contributed by atoms with van der Waals surface area (Å²) in [6.07, 6.45) is 3.62. The molecule has 0 saturated carbocycles. The van der Waals surface area contributed by atoms with Crippen LogP contribution in [0.2, 0.25) is 0 Å². The zero-order valence-electron chi connectivity index (χ0n) is 16.1. The fourth-order valence-electron chi connectivity index (χ4n) is 2.47. The van der Waals surface area contributed by atoms with Crippen molar-refractivity contribution in [2.45, 2.75) is 24.9 Å². The molecule has 30 heavy (non-hydrogen) atoms. The van der Waals surface area contributed by atoms with Gasteiger partial charge in [-0.3, -0.25) is 5.43 Å². The van der Waals surface area contributed by atoms with Crippen LogP contribution in [0.15, 0.2) is 57.3 Å². The van der Waals surface area contributed by atoms with Crippen LogP contribution in [0.1, 0.15) is 31.0 Å². The lowest BCUT2D eigenvalue weighted by molar-refractivity contribution is 0.628. The van der Waals surface area contributed by atoms with Crippen LogP contribution < -0.4 is 5.43 Å². The molecule has 0 unspecified atom stereocenters. The topological polar surface area (TPSA) is 86.9 Å². The summed E-state index contributed by atoms with van der Waals surface area (Å²) in [5, 5.41) is 14.5. The summed E-state index contributed by atoms with van der Waals surface area (Å²) in [6, 6.07) is 13.5. The van der Waals surface area contributed by atoms with E-state index in [-0.39, 0.29) is 17.2 Å². The van der Waals surface area contributed by atoms with Crippen LogP contribution in [-0.4, -0.2) is 26.9 Å². The summed E-state index contributed by atoms with van der Waals surface area (Å²) in [4.78, 5) is 13.3. The monoisotopic (exact) mass is 484 g/mol. The minimum Gasteiger partial charge on any atom is -0.260 e. The number of hydrazone groups is 1. The van der Waals surface area contributed by atoms with E-state index in [1.54, 1.807) is 18.2 Å². The first-order chi connectivity index (χ1) is 14.6. The minimum atomic E-state index is -0.353. The van der Waals surface area contributed by atoms with E-state index in [9.17, 15) is 9.65 Å². The summed E-state index contributed by atoms with van der Waals surface area (Å²) in [5.74, 6) is 0.793. The number of thioether (sulfide) groups is 1. The Balaban J connectivity index is 1.96. The Morgan fingerprint density at radius 1 is 1.20 bits per heavy atom. The molecular formula is C21H18BrFN6S. The van der Waals surface area contributed by atoms with E-state index < -0.39 is 0 Å². The molecule has 0 aliphatic heterocycles. The molecular weight excluding hydrogens is 467 g/mol. The first kappa shape index (κ1) is 21.9. The normalized spacial score (nSPS) is 10.9. The predicted molar refractivity (Wildman–Crippen MR) is 121 cm³/mol. The molecule has 2 aromatic heterocycles. The lowest BCUT2D eigenvalue weighted by Crippen LogP contribution is -2.04. The van der Waals surface area contributed by atoms with Gasteiger partial charge in [0.05, 0.1) is 17.6 Å². The fraction of sp³-hybridized carbons (Fsp3) is 0.190. The van der Waals surface area contributed by atoms with Gasteiger partial charge < -0.3 is 0 Å². The highest BCUT2D eigenvalue weighted by Gasteiger charge is 2.16. The number of anilines is 1. The predicted octanol–water partition coefficient (Wildman–Crippen LogP) is 5.65. The van der Waals surface area contributed by atoms with Crippen molar-refractivity contribution in [1.82, 2.24) is 15.0 Å². The number of hydrogen-bond donors (Lipinski definition) is 1. The van der Waals surface area contributed by atoms with E-state index >= 15 is 0 Å². The lowest BCUT2D eigenvalue weighted by Gasteiger charge is -2.10. The lowest BCUT2D eigenvalue weighted by atomic mass is 10.1. The number of rotatable bonds is 8. The third-order valence-electron chi connectivity index (χ3n) is 3.95. The molecule has 3 rings (SSSR count). The van der Waals surface area contributed by atoms with Gasteiger partial charge in [0.15, 0.2) is 11.0 Å². The second kappa shape index (κ2) is 10.8. The number of halogens is 2. The standard InChI is InChI=1S/C21H18BrFN6S/c1-2-3-11-30-21-27-19(14-7-9-15(23)10-8-14)17(12-24)20(28-21)29-25-13-16-5-4-6-18(22)26-16/h4-10,13H,2-3,11H2,1H3,(H,27,28,29)/b25-13+. The van der Waals surface area contributed by atoms with Crippen LogP contribution in [0, 0.1) is 17.1 Å². The van der Waals surface area contributed by atoms with E-state index in [4.69, 9.17) is 0 Å². The van der Waals surface area contributed by atoms with Crippen LogP contribution >= 0.6 is 27.7 Å². The van der Waals surface area contributed by atoms with Crippen LogP contribution in [0.25, 0.3) is 11.3 Å². The minimum absolute atomic E-state index is 0.237. The smallest absolute Gasteiger partial charge is 0.190 e. The molecule has 152 valence electrons. The third-order valence-corrected chi connectivity index (χ3v) is 5.33. The van der Waals surface area contributed by atoms with E-state index in [2.05, 4.69) is 54.4 Å². The molecule has 0 spiro atoms. The van der Waals surface area contributed by atoms with Gasteiger partial charge in [-0.2, -0.15) is 10.4 Å². The summed E-state index contributed by atoms with van der Waals surface area (Å²) in [5.41, 5.74) is 4.78. The van der Waals surface area contributed by atoms with Crippen molar-refractivity contribution in [2.75, 3.05) is 11.2 Å². The summed E-state index contributed by atoms with van der Waals surface area (Å²) >= 11 is 4.82. The molecule has 0 fully saturated rings. The van der Waals surface area contributed by atoms with Gasteiger partial charge >= 0.3 is 0 Å². The third kappa shape index (κ3) is 5.84. The zero-order valence-corrected chi connectivity index (χ0v) is 18.5. The van der Waals surface area contributed by atoms with Gasteiger partial charge in [0.2, 0.25) is 0 Å². The SMILES string of the molecule is CCCCSc1nc(N/N=C/c2cccc(Br)n2)c(C#N)c(-c2ccc(F)cc2)n1. The van der Waals surface area contributed by atoms with E-state index in [1.165, 1.54) is 30.1 Å². The molecule has 0 saturated heterocycles. The number of hydrogen-bond acceptors (Lipinski definition) is 7. The van der Waals surface area contributed by atoms with Crippen molar-refractivity contribution in [3.63, 3.8) is 0 Å². The molecule has 9 heteroatoms. The highest BCUT2D eigenvalue weighted by Crippen LogP contribution is 2.29. The molecule has 1 aromatic carbocycles. The highest BCUT2D eigenvalue weighted by atomic mass is 79.9. The summed E-state index contributed by atoms with van der Waals surface area (Å²) in [7, 11) is 0. The van der Waals surface area contributed by atoms with Gasteiger partial charge in [0.1, 0.15) is 22.1 Å². The molecule has 0 bridgehead atoms. The molecule has 0 aliphatic rings. The van der Waals surface area contributed by atoms with Gasteiger partial charge in [-0.25, -0.2) is 19.3 Å². The maximum atomic E-state index is 13.4. The van der Waals surface area contributed by atoms with Gasteiger partial charge in [-0.1, -0.05) is 31.2 Å². The molecule has 6 nitrogen and oxygen atoms in total. The maximum Gasteiger partial charge on any atom is 0.190 e. The Morgan fingerprint density at radius 3 is 2.70 bits per heavy atom. The second-order valence-electron chi connectivity index (χ2n) is 6.15. The van der Waals surface area contributed by atoms with Crippen LogP contribution in [0.5, 0.6) is 0 Å². The zero-order chi connectivity index (χ0) is 21.3. The van der Waals surface area contributed by atoms with Crippen molar-refractivity contribution in [3.8, 4) is 17.3 Å². The van der Waals surface area contributed by atoms with E-state index in [0.717, 1.165) is 18.6 Å². The molecule has 0 aliphatic carbocycles. The molecule has 1 N–H and O–H groups in total. The molecule has 2 heterocycles. The highest BCUT2D eigenvalue weighted by molar-refractivity contribution is 9.10. The Kier molecular flexibility index (Phi) is 7.88. The first-order valence-electron chi connectivity index (χ1n) is 9.23. The number of unbranched alkanes of at least 4 members (excludes halogenated alkanes) is 1. The van der Waals surface area contributed by atoms with Crippen molar-refractivity contribution < 1.29 is 4.39 Å². The largest absolute Gasteiger partial charge is 0.260 e. The maximum absolute atomic E-state index is 13.4. The Bertz CT molecular complexity index is 1080. The van der Waals surface area contributed by atoms with Gasteiger partial charge in [-0.05, 0) is 58.7 Å². The number of nitriles is 1. The number of aromatic nitrogens is 3. The van der Waals surface area contributed by atoms with Crippen LogP contribution in [-0.2, 0) is 0 Å². The second-order valence-corrected chi connectivity index (χ2v) is 8.03.